The van der Waals surface area contributed by atoms with Gasteiger partial charge >= 0.3 is 0 Å². The Labute approximate surface area is 163 Å². The third-order valence-corrected chi connectivity index (χ3v) is 5.50. The molecule has 0 N–H and O–H groups in total. The topological polar surface area (TPSA) is 47.5 Å². The number of thiophene rings is 1. The van der Waals surface area contributed by atoms with Gasteiger partial charge in [0.2, 0.25) is 5.88 Å². The highest BCUT2D eigenvalue weighted by atomic mass is 32.1. The number of methoxy groups -OCH3 is 1. The van der Waals surface area contributed by atoms with Crippen LogP contribution in [-0.2, 0) is 0 Å². The average Bonchev–Trinajstić information content (AvgIpc) is 3.32. The first-order valence-corrected chi connectivity index (χ1v) is 9.90. The minimum absolute atomic E-state index is 0.423. The average molecular weight is 379 g/mol. The fraction of sp³-hybridized carbons (Fsp3) is 0.333. The summed E-state index contributed by atoms with van der Waals surface area (Å²) in [6.07, 6.45) is 2.36. The van der Waals surface area contributed by atoms with Crippen LogP contribution in [-0.4, -0.2) is 48.2 Å². The lowest BCUT2D eigenvalue weighted by atomic mass is 10.2. The lowest BCUT2D eigenvalue weighted by Crippen LogP contribution is -2.30. The van der Waals surface area contributed by atoms with Gasteiger partial charge in [-0.1, -0.05) is 5.92 Å². The van der Waals surface area contributed by atoms with E-state index in [1.54, 1.807) is 18.4 Å². The number of rotatable bonds is 4. The Kier molecular flexibility index (Phi) is 5.23. The molecule has 2 aromatic heterocycles. The van der Waals surface area contributed by atoms with Gasteiger partial charge in [-0.2, -0.15) is 0 Å². The molecule has 0 saturated carbocycles. The Morgan fingerprint density at radius 3 is 2.63 bits per heavy atom. The van der Waals surface area contributed by atoms with Crippen LogP contribution in [0.25, 0.3) is 11.0 Å². The first-order chi connectivity index (χ1) is 13.2. The number of ether oxygens (including phenoxy) is 2. The van der Waals surface area contributed by atoms with E-state index in [4.69, 9.17) is 9.47 Å². The largest absolute Gasteiger partial charge is 0.497 e. The van der Waals surface area contributed by atoms with E-state index in [2.05, 4.69) is 33.8 Å². The molecule has 1 atom stereocenters. The number of fused-ring (bicyclic) bond motifs is 1. The Balaban J connectivity index is 1.60. The molecule has 1 aromatic carbocycles. The second-order valence-electron chi connectivity index (χ2n) is 6.59. The molecule has 1 fully saturated rings. The van der Waals surface area contributed by atoms with Crippen LogP contribution in [0.15, 0.2) is 35.0 Å². The van der Waals surface area contributed by atoms with Crippen LogP contribution in [0.5, 0.6) is 11.6 Å². The summed E-state index contributed by atoms with van der Waals surface area (Å²) in [5, 5.41) is 3.97. The van der Waals surface area contributed by atoms with Gasteiger partial charge in [0.1, 0.15) is 23.4 Å². The fourth-order valence-corrected chi connectivity index (χ4v) is 3.81. The standard InChI is InChI=1S/C21H21N3O2S/c1-24-11-3-4-16(24)12-26-21-18(22-19-13-27-14-20(19)23-21)10-7-15-5-8-17(25-2)9-6-15/h5-6,8-9,13-14,16H,3-4,11-12H2,1-2H3. The SMILES string of the molecule is COc1ccc(C#Cc2nc3cscc3nc2OCC2CCCN2C)cc1. The third-order valence-electron chi connectivity index (χ3n) is 4.78. The number of aromatic nitrogens is 2. The van der Waals surface area contributed by atoms with E-state index in [0.717, 1.165) is 35.3 Å². The zero-order valence-corrected chi connectivity index (χ0v) is 16.3. The number of likely N-dealkylation sites (N-methyl/N-ethyl adjacent to an activating group) is 1. The van der Waals surface area contributed by atoms with Gasteiger partial charge in [0.05, 0.1) is 7.11 Å². The number of hydrogen-bond acceptors (Lipinski definition) is 6. The second-order valence-corrected chi connectivity index (χ2v) is 7.33. The molecule has 3 aromatic rings. The van der Waals surface area contributed by atoms with E-state index in [9.17, 15) is 0 Å². The normalized spacial score (nSPS) is 16.9. The molecule has 0 aliphatic carbocycles. The molecule has 138 valence electrons. The number of benzene rings is 1. The molecule has 3 heterocycles. The zero-order valence-electron chi connectivity index (χ0n) is 15.4. The summed E-state index contributed by atoms with van der Waals surface area (Å²) < 4.78 is 11.2. The maximum Gasteiger partial charge on any atom is 0.249 e. The van der Waals surface area contributed by atoms with Gasteiger partial charge in [-0.3, -0.25) is 0 Å². The molecule has 0 bridgehead atoms. The maximum atomic E-state index is 6.06. The van der Waals surface area contributed by atoms with Crippen molar-refractivity contribution < 1.29 is 9.47 Å². The second kappa shape index (κ2) is 7.95. The summed E-state index contributed by atoms with van der Waals surface area (Å²) in [7, 11) is 3.79. The Morgan fingerprint density at radius 1 is 1.15 bits per heavy atom. The number of nitrogens with zero attached hydrogens (tertiary/aromatic N) is 3. The molecule has 27 heavy (non-hydrogen) atoms. The van der Waals surface area contributed by atoms with Crippen molar-refractivity contribution in [2.45, 2.75) is 18.9 Å². The van der Waals surface area contributed by atoms with Crippen molar-refractivity contribution in [2.75, 3.05) is 27.3 Å². The first kappa shape index (κ1) is 17.8. The van der Waals surface area contributed by atoms with Crippen molar-refractivity contribution in [2.24, 2.45) is 0 Å². The Bertz CT molecular complexity index is 988. The van der Waals surface area contributed by atoms with Crippen LogP contribution in [0.3, 0.4) is 0 Å². The summed E-state index contributed by atoms with van der Waals surface area (Å²) >= 11 is 1.58. The lowest BCUT2D eigenvalue weighted by Gasteiger charge is -2.19. The van der Waals surface area contributed by atoms with E-state index in [0.29, 0.717) is 24.2 Å². The maximum absolute atomic E-state index is 6.06. The van der Waals surface area contributed by atoms with Crippen molar-refractivity contribution in [1.29, 1.82) is 0 Å². The Morgan fingerprint density at radius 2 is 1.93 bits per heavy atom. The van der Waals surface area contributed by atoms with Gasteiger partial charge in [0.15, 0.2) is 5.69 Å². The van der Waals surface area contributed by atoms with Gasteiger partial charge in [0, 0.05) is 22.4 Å². The van der Waals surface area contributed by atoms with E-state index in [-0.39, 0.29) is 0 Å². The van der Waals surface area contributed by atoms with Gasteiger partial charge in [-0.15, -0.1) is 11.3 Å². The van der Waals surface area contributed by atoms with Crippen molar-refractivity contribution >= 4 is 22.4 Å². The molecule has 0 spiro atoms. The smallest absolute Gasteiger partial charge is 0.249 e. The molecule has 1 aliphatic rings. The first-order valence-electron chi connectivity index (χ1n) is 8.96. The van der Waals surface area contributed by atoms with Crippen LogP contribution < -0.4 is 9.47 Å². The molecule has 0 radical (unpaired) electrons. The van der Waals surface area contributed by atoms with Gasteiger partial charge < -0.3 is 14.4 Å². The molecular formula is C21H21N3O2S. The highest BCUT2D eigenvalue weighted by Gasteiger charge is 2.22. The number of likely N-dealkylation sites (tertiary alicyclic amines) is 1. The quantitative estimate of drug-likeness (QED) is 0.649. The van der Waals surface area contributed by atoms with Gasteiger partial charge in [0.25, 0.3) is 0 Å². The number of hydrogen-bond donors (Lipinski definition) is 0. The predicted octanol–water partition coefficient (Wildman–Crippen LogP) is 3.57. The summed E-state index contributed by atoms with van der Waals surface area (Å²) in [6.45, 7) is 1.73. The molecule has 6 heteroatoms. The third kappa shape index (κ3) is 4.05. The van der Waals surface area contributed by atoms with E-state index >= 15 is 0 Å². The minimum Gasteiger partial charge on any atom is -0.497 e. The molecular weight excluding hydrogens is 358 g/mol. The van der Waals surface area contributed by atoms with Crippen LogP contribution in [0.1, 0.15) is 24.1 Å². The monoisotopic (exact) mass is 379 g/mol. The van der Waals surface area contributed by atoms with Crippen molar-refractivity contribution in [3.63, 3.8) is 0 Å². The summed E-state index contributed by atoms with van der Waals surface area (Å²) in [5.41, 5.74) is 3.18. The summed E-state index contributed by atoms with van der Waals surface area (Å²) in [4.78, 5) is 11.6. The van der Waals surface area contributed by atoms with E-state index in [1.807, 2.05) is 35.0 Å². The zero-order chi connectivity index (χ0) is 18.6. The van der Waals surface area contributed by atoms with Gasteiger partial charge in [-0.25, -0.2) is 9.97 Å². The molecule has 1 saturated heterocycles. The molecule has 5 nitrogen and oxygen atoms in total. The van der Waals surface area contributed by atoms with Crippen LogP contribution in [0.4, 0.5) is 0 Å². The van der Waals surface area contributed by atoms with E-state index < -0.39 is 0 Å². The van der Waals surface area contributed by atoms with Crippen LogP contribution in [0.2, 0.25) is 0 Å². The summed E-state index contributed by atoms with van der Waals surface area (Å²) in [5.74, 6) is 7.61. The molecule has 1 aliphatic heterocycles. The highest BCUT2D eigenvalue weighted by Crippen LogP contribution is 2.23. The molecule has 1 unspecified atom stereocenters. The van der Waals surface area contributed by atoms with E-state index in [1.165, 1.54) is 6.42 Å². The van der Waals surface area contributed by atoms with Crippen molar-refractivity contribution in [3.05, 3.63) is 46.3 Å². The molecule has 4 rings (SSSR count). The van der Waals surface area contributed by atoms with Gasteiger partial charge in [-0.05, 0) is 56.6 Å². The molecule has 0 amide bonds. The van der Waals surface area contributed by atoms with Crippen molar-refractivity contribution in [3.8, 4) is 23.5 Å². The summed E-state index contributed by atoms with van der Waals surface area (Å²) in [6, 6.07) is 8.07. The van der Waals surface area contributed by atoms with Crippen LogP contribution >= 0.6 is 11.3 Å². The van der Waals surface area contributed by atoms with Crippen molar-refractivity contribution in [1.82, 2.24) is 14.9 Å². The van der Waals surface area contributed by atoms with Crippen LogP contribution in [0, 0.1) is 11.8 Å². The Hall–Kier alpha value is -2.62. The fourth-order valence-electron chi connectivity index (χ4n) is 3.13. The minimum atomic E-state index is 0.423. The predicted molar refractivity (Wildman–Crippen MR) is 108 cm³/mol. The highest BCUT2D eigenvalue weighted by molar-refractivity contribution is 7.09. The lowest BCUT2D eigenvalue weighted by molar-refractivity contribution is 0.193.